The summed E-state index contributed by atoms with van der Waals surface area (Å²) in [7, 11) is 0. The minimum absolute atomic E-state index is 0.0620. The lowest BCUT2D eigenvalue weighted by Crippen LogP contribution is -2.29. The van der Waals surface area contributed by atoms with Crippen LogP contribution in [0.15, 0.2) is 53.4 Å². The molecule has 0 aliphatic heterocycles. The summed E-state index contributed by atoms with van der Waals surface area (Å²) in [6, 6.07) is 13.2. The van der Waals surface area contributed by atoms with Crippen LogP contribution in [0.3, 0.4) is 0 Å². The predicted molar refractivity (Wildman–Crippen MR) is 107 cm³/mol. The number of hydrogen-bond acceptors (Lipinski definition) is 3. The molecule has 1 fully saturated rings. The van der Waals surface area contributed by atoms with E-state index in [4.69, 9.17) is 0 Å². The lowest BCUT2D eigenvalue weighted by molar-refractivity contribution is -0.117. The molecule has 0 bridgehead atoms. The SMILES string of the molecule is O=C(NCCCSc1ccc(F)cc1)Nc1ccc(NC(=O)C2CC2)cc1. The van der Waals surface area contributed by atoms with Crippen molar-refractivity contribution in [3.05, 3.63) is 54.3 Å². The van der Waals surface area contributed by atoms with Gasteiger partial charge in [-0.15, -0.1) is 11.8 Å². The van der Waals surface area contributed by atoms with Crippen LogP contribution in [0.25, 0.3) is 0 Å². The average Bonchev–Trinajstić information content (AvgIpc) is 3.50. The van der Waals surface area contributed by atoms with Gasteiger partial charge in [-0.25, -0.2) is 9.18 Å². The molecule has 27 heavy (non-hydrogen) atoms. The summed E-state index contributed by atoms with van der Waals surface area (Å²) >= 11 is 1.62. The van der Waals surface area contributed by atoms with Crippen molar-refractivity contribution in [3.63, 3.8) is 0 Å². The summed E-state index contributed by atoms with van der Waals surface area (Å²) < 4.78 is 12.8. The van der Waals surface area contributed by atoms with E-state index >= 15 is 0 Å². The molecule has 3 rings (SSSR count). The van der Waals surface area contributed by atoms with E-state index in [0.29, 0.717) is 12.2 Å². The van der Waals surface area contributed by atoms with E-state index in [-0.39, 0.29) is 23.7 Å². The van der Waals surface area contributed by atoms with E-state index in [1.165, 1.54) is 12.1 Å². The first kappa shape index (κ1) is 19.2. The summed E-state index contributed by atoms with van der Waals surface area (Å²) in [5.41, 5.74) is 1.40. The van der Waals surface area contributed by atoms with E-state index in [0.717, 1.165) is 35.6 Å². The van der Waals surface area contributed by atoms with E-state index in [9.17, 15) is 14.0 Å². The van der Waals surface area contributed by atoms with Crippen LogP contribution in [0.4, 0.5) is 20.6 Å². The van der Waals surface area contributed by atoms with Gasteiger partial charge in [0.15, 0.2) is 0 Å². The van der Waals surface area contributed by atoms with Crippen LogP contribution in [0, 0.1) is 11.7 Å². The molecule has 2 aromatic rings. The summed E-state index contributed by atoms with van der Waals surface area (Å²) in [5.74, 6) is 0.819. The van der Waals surface area contributed by atoms with Crippen LogP contribution >= 0.6 is 11.8 Å². The van der Waals surface area contributed by atoms with E-state index in [1.807, 2.05) is 0 Å². The molecule has 5 nitrogen and oxygen atoms in total. The Morgan fingerprint density at radius 1 is 0.963 bits per heavy atom. The van der Waals surface area contributed by atoms with Gasteiger partial charge >= 0.3 is 6.03 Å². The zero-order chi connectivity index (χ0) is 19.1. The fourth-order valence-corrected chi connectivity index (χ4v) is 3.25. The highest BCUT2D eigenvalue weighted by molar-refractivity contribution is 7.99. The Morgan fingerprint density at radius 3 is 2.22 bits per heavy atom. The Bertz CT molecular complexity index is 777. The Morgan fingerprint density at radius 2 is 1.59 bits per heavy atom. The third kappa shape index (κ3) is 6.60. The third-order valence-corrected chi connectivity index (χ3v) is 5.15. The number of nitrogens with one attached hydrogen (secondary N) is 3. The van der Waals surface area contributed by atoms with E-state index in [1.54, 1.807) is 48.2 Å². The largest absolute Gasteiger partial charge is 0.338 e. The van der Waals surface area contributed by atoms with E-state index in [2.05, 4.69) is 16.0 Å². The van der Waals surface area contributed by atoms with Gasteiger partial charge in [0, 0.05) is 28.7 Å². The summed E-state index contributed by atoms with van der Waals surface area (Å²) in [6.45, 7) is 0.551. The topological polar surface area (TPSA) is 70.2 Å². The molecule has 0 aromatic heterocycles. The van der Waals surface area contributed by atoms with Gasteiger partial charge in [-0.1, -0.05) is 0 Å². The second-order valence-electron chi connectivity index (χ2n) is 6.38. The van der Waals surface area contributed by atoms with Gasteiger partial charge in [-0.3, -0.25) is 4.79 Å². The fraction of sp³-hybridized carbons (Fsp3) is 0.300. The number of carbonyl (C=O) groups excluding carboxylic acids is 2. The Kier molecular flexibility index (Phi) is 6.70. The maximum Gasteiger partial charge on any atom is 0.319 e. The maximum atomic E-state index is 12.8. The molecule has 3 amide bonds. The van der Waals surface area contributed by atoms with Crippen LogP contribution in [0.5, 0.6) is 0 Å². The second kappa shape index (κ2) is 9.41. The summed E-state index contributed by atoms with van der Waals surface area (Å²) in [6.07, 6.45) is 2.74. The third-order valence-electron chi connectivity index (χ3n) is 4.05. The number of benzene rings is 2. The zero-order valence-corrected chi connectivity index (χ0v) is 15.7. The van der Waals surface area contributed by atoms with Crippen molar-refractivity contribution in [1.29, 1.82) is 0 Å². The fourth-order valence-electron chi connectivity index (χ4n) is 2.40. The lowest BCUT2D eigenvalue weighted by atomic mass is 10.2. The Balaban J connectivity index is 1.31. The molecular weight excluding hydrogens is 365 g/mol. The smallest absolute Gasteiger partial charge is 0.319 e. The van der Waals surface area contributed by atoms with Crippen LogP contribution in [-0.4, -0.2) is 24.2 Å². The molecule has 3 N–H and O–H groups in total. The van der Waals surface area contributed by atoms with Crippen molar-refractivity contribution in [2.45, 2.75) is 24.2 Å². The molecule has 1 aliphatic carbocycles. The van der Waals surface area contributed by atoms with Crippen molar-refractivity contribution in [2.75, 3.05) is 22.9 Å². The quantitative estimate of drug-likeness (QED) is 0.462. The van der Waals surface area contributed by atoms with Crippen molar-refractivity contribution in [3.8, 4) is 0 Å². The highest BCUT2D eigenvalue weighted by atomic mass is 32.2. The molecule has 0 atom stereocenters. The molecule has 7 heteroatoms. The van der Waals surface area contributed by atoms with Gasteiger partial charge in [-0.2, -0.15) is 0 Å². The van der Waals surface area contributed by atoms with Gasteiger partial charge in [0.1, 0.15) is 5.82 Å². The average molecular weight is 387 g/mol. The molecule has 1 aliphatic rings. The number of halogens is 1. The molecular formula is C20H22FN3O2S. The number of anilines is 2. The number of urea groups is 1. The molecule has 2 aromatic carbocycles. The van der Waals surface area contributed by atoms with Crippen molar-refractivity contribution < 1.29 is 14.0 Å². The van der Waals surface area contributed by atoms with Crippen molar-refractivity contribution >= 4 is 35.1 Å². The van der Waals surface area contributed by atoms with Gasteiger partial charge in [-0.05, 0) is 73.5 Å². The van der Waals surface area contributed by atoms with Gasteiger partial charge in [0.2, 0.25) is 5.91 Å². The molecule has 0 radical (unpaired) electrons. The number of rotatable bonds is 8. The molecule has 0 heterocycles. The van der Waals surface area contributed by atoms with Crippen LogP contribution < -0.4 is 16.0 Å². The number of carbonyl (C=O) groups is 2. The van der Waals surface area contributed by atoms with Gasteiger partial charge < -0.3 is 16.0 Å². The highest BCUT2D eigenvalue weighted by Gasteiger charge is 2.29. The molecule has 142 valence electrons. The van der Waals surface area contributed by atoms with Crippen LogP contribution in [0.1, 0.15) is 19.3 Å². The number of amides is 3. The first-order chi connectivity index (χ1) is 13.1. The molecule has 1 saturated carbocycles. The number of thioether (sulfide) groups is 1. The molecule has 0 spiro atoms. The Labute approximate surface area is 162 Å². The van der Waals surface area contributed by atoms with Gasteiger partial charge in [0.05, 0.1) is 0 Å². The molecule has 0 saturated heterocycles. The highest BCUT2D eigenvalue weighted by Crippen LogP contribution is 2.30. The second-order valence-corrected chi connectivity index (χ2v) is 7.55. The van der Waals surface area contributed by atoms with Gasteiger partial charge in [0.25, 0.3) is 0 Å². The first-order valence-corrected chi connectivity index (χ1v) is 9.93. The summed E-state index contributed by atoms with van der Waals surface area (Å²) in [4.78, 5) is 24.6. The monoisotopic (exact) mass is 387 g/mol. The summed E-state index contributed by atoms with van der Waals surface area (Å²) in [5, 5.41) is 8.42. The molecule has 0 unspecified atom stereocenters. The minimum atomic E-state index is -0.267. The Hall–Kier alpha value is -2.54. The zero-order valence-electron chi connectivity index (χ0n) is 14.8. The van der Waals surface area contributed by atoms with Crippen molar-refractivity contribution in [2.24, 2.45) is 5.92 Å². The standard InChI is InChI=1S/C20H22FN3O2S/c21-15-4-10-18(11-5-15)27-13-1-12-22-20(26)24-17-8-6-16(7-9-17)23-19(25)14-2-3-14/h4-11,14H,1-3,12-13H2,(H,23,25)(H2,22,24,26). The normalized spacial score (nSPS) is 13.1. The minimum Gasteiger partial charge on any atom is -0.338 e. The van der Waals surface area contributed by atoms with E-state index < -0.39 is 0 Å². The predicted octanol–water partition coefficient (Wildman–Crippen LogP) is 4.48. The van der Waals surface area contributed by atoms with Crippen molar-refractivity contribution in [1.82, 2.24) is 5.32 Å². The number of hydrogen-bond donors (Lipinski definition) is 3. The van der Waals surface area contributed by atoms with Crippen LogP contribution in [0.2, 0.25) is 0 Å². The first-order valence-electron chi connectivity index (χ1n) is 8.94. The lowest BCUT2D eigenvalue weighted by Gasteiger charge is -2.09. The van der Waals surface area contributed by atoms with Crippen LogP contribution in [-0.2, 0) is 4.79 Å². The maximum absolute atomic E-state index is 12.8.